The second-order valence-corrected chi connectivity index (χ2v) is 5.25. The third-order valence-electron chi connectivity index (χ3n) is 3.56. The molecule has 100 valence electrons. The predicted molar refractivity (Wildman–Crippen MR) is 72.6 cm³/mol. The van der Waals surface area contributed by atoms with E-state index in [1.165, 1.54) is 44.1 Å². The first-order valence-electron chi connectivity index (χ1n) is 6.92. The molecular formula is C14H28N2O. The first-order chi connectivity index (χ1) is 8.27. The quantitative estimate of drug-likeness (QED) is 0.426. The molecule has 0 bridgehead atoms. The van der Waals surface area contributed by atoms with Crippen LogP contribution in [0.4, 0.5) is 0 Å². The van der Waals surface area contributed by atoms with Gasteiger partial charge in [-0.05, 0) is 38.0 Å². The number of nitrogens with one attached hydrogen (secondary N) is 1. The van der Waals surface area contributed by atoms with Gasteiger partial charge in [0.1, 0.15) is 0 Å². The van der Waals surface area contributed by atoms with Crippen LogP contribution in [-0.4, -0.2) is 19.8 Å². The topological polar surface area (TPSA) is 47.3 Å². The van der Waals surface area contributed by atoms with E-state index >= 15 is 0 Å². The van der Waals surface area contributed by atoms with Crippen LogP contribution in [0.1, 0.15) is 51.9 Å². The lowest BCUT2D eigenvalue weighted by Crippen LogP contribution is -2.38. The summed E-state index contributed by atoms with van der Waals surface area (Å²) in [7, 11) is 1.76. The highest BCUT2D eigenvalue weighted by molar-refractivity contribution is 5.11. The summed E-state index contributed by atoms with van der Waals surface area (Å²) in [5.74, 6) is 6.26. The standard InChI is InChI=1S/C14H28N2O/c1-12(11-17-2)10-14(16-15)13-8-6-4-3-5-7-9-13/h8,12,14,16H,3-7,9-11,15H2,1-2H3. The lowest BCUT2D eigenvalue weighted by Gasteiger charge is -2.24. The monoisotopic (exact) mass is 240 g/mol. The van der Waals surface area contributed by atoms with Crippen molar-refractivity contribution in [2.75, 3.05) is 13.7 Å². The molecule has 3 nitrogen and oxygen atoms in total. The summed E-state index contributed by atoms with van der Waals surface area (Å²) < 4.78 is 5.19. The maximum absolute atomic E-state index is 5.71. The molecule has 0 aromatic rings. The maximum Gasteiger partial charge on any atom is 0.0488 e. The maximum atomic E-state index is 5.71. The number of methoxy groups -OCH3 is 1. The van der Waals surface area contributed by atoms with Crippen LogP contribution in [0.2, 0.25) is 0 Å². The van der Waals surface area contributed by atoms with E-state index < -0.39 is 0 Å². The molecule has 0 radical (unpaired) electrons. The molecule has 0 fully saturated rings. The molecule has 0 aliphatic heterocycles. The van der Waals surface area contributed by atoms with Gasteiger partial charge in [0.05, 0.1) is 0 Å². The molecule has 17 heavy (non-hydrogen) atoms. The Morgan fingerprint density at radius 1 is 1.35 bits per heavy atom. The van der Waals surface area contributed by atoms with Crippen LogP contribution in [0.3, 0.4) is 0 Å². The van der Waals surface area contributed by atoms with Crippen molar-refractivity contribution in [3.63, 3.8) is 0 Å². The van der Waals surface area contributed by atoms with Crippen molar-refractivity contribution >= 4 is 0 Å². The zero-order chi connectivity index (χ0) is 12.5. The van der Waals surface area contributed by atoms with Crippen LogP contribution in [-0.2, 0) is 4.74 Å². The van der Waals surface area contributed by atoms with Crippen molar-refractivity contribution in [3.8, 4) is 0 Å². The SMILES string of the molecule is COCC(C)CC(NN)C1=CCCCCCC1. The van der Waals surface area contributed by atoms with Crippen molar-refractivity contribution < 1.29 is 4.74 Å². The van der Waals surface area contributed by atoms with E-state index in [0.717, 1.165) is 13.0 Å². The van der Waals surface area contributed by atoms with E-state index in [-0.39, 0.29) is 0 Å². The largest absolute Gasteiger partial charge is 0.384 e. The van der Waals surface area contributed by atoms with Gasteiger partial charge in [-0.3, -0.25) is 11.3 Å². The summed E-state index contributed by atoms with van der Waals surface area (Å²) >= 11 is 0. The molecule has 0 amide bonds. The van der Waals surface area contributed by atoms with Gasteiger partial charge >= 0.3 is 0 Å². The second kappa shape index (κ2) is 8.67. The summed E-state index contributed by atoms with van der Waals surface area (Å²) in [6.07, 6.45) is 11.3. The number of hydrazine groups is 1. The first kappa shape index (κ1) is 14.7. The minimum absolute atomic E-state index is 0.332. The Morgan fingerprint density at radius 3 is 2.82 bits per heavy atom. The fraction of sp³-hybridized carbons (Fsp3) is 0.857. The van der Waals surface area contributed by atoms with E-state index in [0.29, 0.717) is 12.0 Å². The van der Waals surface area contributed by atoms with Crippen molar-refractivity contribution in [3.05, 3.63) is 11.6 Å². The molecular weight excluding hydrogens is 212 g/mol. The molecule has 1 aliphatic carbocycles. The van der Waals surface area contributed by atoms with E-state index in [1.807, 2.05) is 0 Å². The van der Waals surface area contributed by atoms with Crippen molar-refractivity contribution in [2.45, 2.75) is 57.9 Å². The number of allylic oxidation sites excluding steroid dienone is 1. The Labute approximate surface area is 106 Å². The number of nitrogens with two attached hydrogens (primary N) is 1. The van der Waals surface area contributed by atoms with Crippen LogP contribution >= 0.6 is 0 Å². The normalized spacial score (nSPS) is 21.2. The Hall–Kier alpha value is -0.380. The molecule has 3 N–H and O–H groups in total. The Kier molecular flexibility index (Phi) is 7.49. The minimum Gasteiger partial charge on any atom is -0.384 e. The van der Waals surface area contributed by atoms with Crippen LogP contribution < -0.4 is 11.3 Å². The van der Waals surface area contributed by atoms with E-state index in [9.17, 15) is 0 Å². The Morgan fingerprint density at radius 2 is 2.12 bits per heavy atom. The highest BCUT2D eigenvalue weighted by atomic mass is 16.5. The number of ether oxygens (including phenoxy) is 1. The van der Waals surface area contributed by atoms with Gasteiger partial charge in [0.15, 0.2) is 0 Å². The molecule has 0 saturated carbocycles. The van der Waals surface area contributed by atoms with Gasteiger partial charge in [0, 0.05) is 19.8 Å². The zero-order valence-electron chi connectivity index (χ0n) is 11.4. The average Bonchev–Trinajstić information content (AvgIpc) is 2.26. The van der Waals surface area contributed by atoms with Crippen molar-refractivity contribution in [1.82, 2.24) is 5.43 Å². The van der Waals surface area contributed by atoms with E-state index in [1.54, 1.807) is 7.11 Å². The van der Waals surface area contributed by atoms with Gasteiger partial charge in [-0.15, -0.1) is 0 Å². The minimum atomic E-state index is 0.332. The highest BCUT2D eigenvalue weighted by Crippen LogP contribution is 2.22. The molecule has 0 aromatic carbocycles. The van der Waals surface area contributed by atoms with Crippen LogP contribution in [0.5, 0.6) is 0 Å². The molecule has 2 atom stereocenters. The van der Waals surface area contributed by atoms with Crippen molar-refractivity contribution in [2.24, 2.45) is 11.8 Å². The highest BCUT2D eigenvalue weighted by Gasteiger charge is 2.16. The van der Waals surface area contributed by atoms with E-state index in [4.69, 9.17) is 10.6 Å². The fourth-order valence-corrected chi connectivity index (χ4v) is 2.61. The van der Waals surface area contributed by atoms with Gasteiger partial charge in [0.2, 0.25) is 0 Å². The first-order valence-corrected chi connectivity index (χ1v) is 6.92. The molecule has 0 heterocycles. The zero-order valence-corrected chi connectivity index (χ0v) is 11.4. The summed E-state index contributed by atoms with van der Waals surface area (Å²) in [4.78, 5) is 0. The van der Waals surface area contributed by atoms with Crippen LogP contribution in [0.15, 0.2) is 11.6 Å². The molecule has 3 heteroatoms. The molecule has 0 saturated heterocycles. The van der Waals surface area contributed by atoms with Gasteiger partial charge in [0.25, 0.3) is 0 Å². The Balaban J connectivity index is 2.51. The van der Waals surface area contributed by atoms with Crippen LogP contribution in [0, 0.1) is 5.92 Å². The van der Waals surface area contributed by atoms with Crippen molar-refractivity contribution in [1.29, 1.82) is 0 Å². The number of hydrogen-bond acceptors (Lipinski definition) is 3. The second-order valence-electron chi connectivity index (χ2n) is 5.25. The molecule has 2 unspecified atom stereocenters. The Bertz CT molecular complexity index is 228. The predicted octanol–water partition coefficient (Wildman–Crippen LogP) is 2.77. The smallest absolute Gasteiger partial charge is 0.0488 e. The third-order valence-corrected chi connectivity index (χ3v) is 3.56. The molecule has 1 aliphatic rings. The summed E-state index contributed by atoms with van der Waals surface area (Å²) in [5, 5.41) is 0. The van der Waals surface area contributed by atoms with Gasteiger partial charge in [-0.25, -0.2) is 0 Å². The lowest BCUT2D eigenvalue weighted by atomic mass is 9.90. The molecule has 0 spiro atoms. The van der Waals surface area contributed by atoms with Gasteiger partial charge < -0.3 is 4.74 Å². The number of hydrogen-bond donors (Lipinski definition) is 2. The molecule has 0 aromatic heterocycles. The summed E-state index contributed by atoms with van der Waals surface area (Å²) in [5.41, 5.74) is 4.49. The number of rotatable bonds is 6. The molecule has 1 rings (SSSR count). The van der Waals surface area contributed by atoms with E-state index in [2.05, 4.69) is 18.4 Å². The summed E-state index contributed by atoms with van der Waals surface area (Å²) in [6.45, 7) is 3.03. The van der Waals surface area contributed by atoms with Gasteiger partial charge in [-0.1, -0.05) is 31.4 Å². The average molecular weight is 240 g/mol. The lowest BCUT2D eigenvalue weighted by molar-refractivity contribution is 0.151. The van der Waals surface area contributed by atoms with Crippen LogP contribution in [0.25, 0.3) is 0 Å². The van der Waals surface area contributed by atoms with Gasteiger partial charge in [-0.2, -0.15) is 0 Å². The third kappa shape index (κ3) is 5.66. The fourth-order valence-electron chi connectivity index (χ4n) is 2.61. The summed E-state index contributed by atoms with van der Waals surface area (Å²) in [6, 6.07) is 0.332.